The Bertz CT molecular complexity index is 997. The molecule has 4 rings (SSSR count). The molecule has 4 aromatic carbocycles. The highest BCUT2D eigenvalue weighted by atomic mass is 15.1. The van der Waals surface area contributed by atoms with Crippen molar-refractivity contribution in [3.63, 3.8) is 0 Å². The van der Waals surface area contributed by atoms with E-state index in [4.69, 9.17) is 0 Å². The molecule has 4 aromatic rings. The van der Waals surface area contributed by atoms with Gasteiger partial charge in [0, 0.05) is 17.1 Å². The maximum absolute atomic E-state index is 2.30. The Kier molecular flexibility index (Phi) is 4.76. The van der Waals surface area contributed by atoms with Crippen LogP contribution in [-0.4, -0.2) is 0 Å². The fourth-order valence-electron chi connectivity index (χ4n) is 3.57. The summed E-state index contributed by atoms with van der Waals surface area (Å²) in [6.45, 7) is 4.36. The van der Waals surface area contributed by atoms with Gasteiger partial charge in [-0.15, -0.1) is 0 Å². The second-order valence-electron chi connectivity index (χ2n) is 6.82. The number of aryl methyl sites for hydroxylation is 2. The maximum Gasteiger partial charge on any atom is 0.0464 e. The Balaban J connectivity index is 1.82. The van der Waals surface area contributed by atoms with Gasteiger partial charge in [-0.05, 0) is 72.5 Å². The third-order valence-corrected chi connectivity index (χ3v) is 4.93. The van der Waals surface area contributed by atoms with Gasteiger partial charge >= 0.3 is 0 Å². The molecule has 0 aliphatic rings. The highest BCUT2D eigenvalue weighted by Gasteiger charge is 2.13. The number of hydrogen-bond donors (Lipinski definition) is 0. The molecule has 0 bridgehead atoms. The highest BCUT2D eigenvalue weighted by Crippen LogP contribution is 2.37. The molecule has 0 heterocycles. The van der Waals surface area contributed by atoms with Crippen molar-refractivity contribution < 1.29 is 0 Å². The van der Waals surface area contributed by atoms with Crippen LogP contribution in [0.3, 0.4) is 0 Å². The monoisotopic (exact) mass is 349 g/mol. The topological polar surface area (TPSA) is 3.24 Å². The molecule has 27 heavy (non-hydrogen) atoms. The van der Waals surface area contributed by atoms with Crippen molar-refractivity contribution in [3.05, 3.63) is 114 Å². The first-order chi connectivity index (χ1) is 13.2. The van der Waals surface area contributed by atoms with E-state index >= 15 is 0 Å². The Morgan fingerprint density at radius 1 is 0.444 bits per heavy atom. The molecule has 0 atom stereocenters. The predicted molar refractivity (Wildman–Crippen MR) is 116 cm³/mol. The van der Waals surface area contributed by atoms with Crippen LogP contribution in [0, 0.1) is 13.8 Å². The van der Waals surface area contributed by atoms with E-state index in [1.807, 2.05) is 0 Å². The third kappa shape index (κ3) is 3.50. The zero-order chi connectivity index (χ0) is 18.6. The van der Waals surface area contributed by atoms with Gasteiger partial charge < -0.3 is 4.90 Å². The van der Waals surface area contributed by atoms with E-state index < -0.39 is 0 Å². The van der Waals surface area contributed by atoms with Crippen LogP contribution in [0.1, 0.15) is 11.1 Å². The first-order valence-electron chi connectivity index (χ1n) is 9.31. The first-order valence-corrected chi connectivity index (χ1v) is 9.31. The van der Waals surface area contributed by atoms with E-state index in [0.717, 1.165) is 11.4 Å². The van der Waals surface area contributed by atoms with Crippen LogP contribution in [0.15, 0.2) is 103 Å². The van der Waals surface area contributed by atoms with E-state index in [1.54, 1.807) is 0 Å². The molecular formula is C26H23N. The summed E-state index contributed by atoms with van der Waals surface area (Å²) in [5.41, 5.74) is 8.65. The van der Waals surface area contributed by atoms with Crippen LogP contribution in [0.2, 0.25) is 0 Å². The van der Waals surface area contributed by atoms with Crippen LogP contribution in [0.5, 0.6) is 0 Å². The lowest BCUT2D eigenvalue weighted by Gasteiger charge is -2.26. The average molecular weight is 349 g/mol. The van der Waals surface area contributed by atoms with Crippen molar-refractivity contribution in [2.24, 2.45) is 0 Å². The summed E-state index contributed by atoms with van der Waals surface area (Å²) in [7, 11) is 0. The molecule has 0 aromatic heterocycles. The van der Waals surface area contributed by atoms with E-state index in [1.165, 1.54) is 27.9 Å². The van der Waals surface area contributed by atoms with Gasteiger partial charge in [0.2, 0.25) is 0 Å². The summed E-state index contributed by atoms with van der Waals surface area (Å²) in [4.78, 5) is 2.30. The molecule has 0 fully saturated rings. The van der Waals surface area contributed by atoms with Gasteiger partial charge in [0.1, 0.15) is 0 Å². The molecular weight excluding hydrogens is 326 g/mol. The molecule has 0 N–H and O–H groups in total. The maximum atomic E-state index is 2.30. The normalized spacial score (nSPS) is 10.6. The summed E-state index contributed by atoms with van der Waals surface area (Å²) in [6, 6.07) is 36.3. The summed E-state index contributed by atoms with van der Waals surface area (Å²) in [5, 5.41) is 0. The zero-order valence-electron chi connectivity index (χ0n) is 15.8. The third-order valence-electron chi connectivity index (χ3n) is 4.93. The lowest BCUT2D eigenvalue weighted by molar-refractivity contribution is 1.27. The molecule has 132 valence electrons. The number of para-hydroxylation sites is 2. The van der Waals surface area contributed by atoms with E-state index in [9.17, 15) is 0 Å². The quantitative estimate of drug-likeness (QED) is 0.370. The van der Waals surface area contributed by atoms with Crippen LogP contribution in [0.4, 0.5) is 17.1 Å². The summed E-state index contributed by atoms with van der Waals surface area (Å²) < 4.78 is 0. The Labute approximate surface area is 161 Å². The number of nitrogens with zero attached hydrogens (tertiary/aromatic N) is 1. The van der Waals surface area contributed by atoms with Crippen molar-refractivity contribution in [2.45, 2.75) is 13.8 Å². The van der Waals surface area contributed by atoms with Gasteiger partial charge in [0.25, 0.3) is 0 Å². The largest absolute Gasteiger partial charge is 0.310 e. The van der Waals surface area contributed by atoms with Gasteiger partial charge in [-0.1, -0.05) is 66.7 Å². The van der Waals surface area contributed by atoms with E-state index in [-0.39, 0.29) is 0 Å². The minimum Gasteiger partial charge on any atom is -0.310 e. The van der Waals surface area contributed by atoms with E-state index in [0.29, 0.717) is 0 Å². The molecule has 0 spiro atoms. The van der Waals surface area contributed by atoms with E-state index in [2.05, 4.69) is 122 Å². The lowest BCUT2D eigenvalue weighted by atomic mass is 9.96. The molecule has 0 saturated heterocycles. The van der Waals surface area contributed by atoms with Crippen LogP contribution in [0.25, 0.3) is 11.1 Å². The average Bonchev–Trinajstić information content (AvgIpc) is 2.71. The molecule has 1 nitrogen and oxygen atoms in total. The highest BCUT2D eigenvalue weighted by molar-refractivity contribution is 5.80. The van der Waals surface area contributed by atoms with Crippen molar-refractivity contribution in [3.8, 4) is 11.1 Å². The molecule has 1 heteroatoms. The molecule has 0 saturated carbocycles. The van der Waals surface area contributed by atoms with Gasteiger partial charge in [0.05, 0.1) is 0 Å². The van der Waals surface area contributed by atoms with Gasteiger partial charge in [0.15, 0.2) is 0 Å². The summed E-state index contributed by atoms with van der Waals surface area (Å²) >= 11 is 0. The minimum atomic E-state index is 1.16. The van der Waals surface area contributed by atoms with Crippen LogP contribution in [-0.2, 0) is 0 Å². The van der Waals surface area contributed by atoms with Gasteiger partial charge in [-0.2, -0.15) is 0 Å². The molecule has 0 unspecified atom stereocenters. The number of rotatable bonds is 4. The van der Waals surface area contributed by atoms with Crippen LogP contribution >= 0.6 is 0 Å². The fraction of sp³-hybridized carbons (Fsp3) is 0.0769. The van der Waals surface area contributed by atoms with Crippen LogP contribution < -0.4 is 4.90 Å². The summed E-state index contributed by atoms with van der Waals surface area (Å²) in [5.74, 6) is 0. The SMILES string of the molecule is Cc1ccccc1-c1ccc(N(c2ccccc2)c2ccccc2)cc1C. The van der Waals surface area contributed by atoms with Gasteiger partial charge in [-0.25, -0.2) is 0 Å². The van der Waals surface area contributed by atoms with Gasteiger partial charge in [-0.3, -0.25) is 0 Å². The molecule has 0 aliphatic heterocycles. The summed E-state index contributed by atoms with van der Waals surface area (Å²) in [6.07, 6.45) is 0. The van der Waals surface area contributed by atoms with Crippen molar-refractivity contribution in [1.82, 2.24) is 0 Å². The number of anilines is 3. The molecule has 0 amide bonds. The second-order valence-corrected chi connectivity index (χ2v) is 6.82. The lowest BCUT2D eigenvalue weighted by Crippen LogP contribution is -2.10. The predicted octanol–water partition coefficient (Wildman–Crippen LogP) is 7.44. The standard InChI is InChI=1S/C26H23N/c1-20-11-9-10-16-25(20)26-18-17-24(19-21(26)2)27(22-12-5-3-6-13-22)23-14-7-4-8-15-23/h3-19H,1-2H3. The first kappa shape index (κ1) is 17.1. The minimum absolute atomic E-state index is 1.16. The number of benzene rings is 4. The smallest absolute Gasteiger partial charge is 0.0464 e. The molecule has 0 aliphatic carbocycles. The Morgan fingerprint density at radius 2 is 0.963 bits per heavy atom. The zero-order valence-corrected chi connectivity index (χ0v) is 15.8. The van der Waals surface area contributed by atoms with Crippen molar-refractivity contribution in [1.29, 1.82) is 0 Å². The second kappa shape index (κ2) is 7.51. The fourth-order valence-corrected chi connectivity index (χ4v) is 3.57. The molecule has 0 radical (unpaired) electrons. The van der Waals surface area contributed by atoms with Crippen molar-refractivity contribution >= 4 is 17.1 Å². The number of hydrogen-bond acceptors (Lipinski definition) is 1. The Morgan fingerprint density at radius 3 is 1.52 bits per heavy atom. The van der Waals surface area contributed by atoms with Crippen molar-refractivity contribution in [2.75, 3.05) is 4.90 Å². The Hall–Kier alpha value is -3.32.